The maximum atomic E-state index is 13.5. The van der Waals surface area contributed by atoms with E-state index in [0.717, 1.165) is 6.07 Å². The molecule has 0 bridgehead atoms. The Balaban J connectivity index is 2.37. The Morgan fingerprint density at radius 2 is 2.11 bits per heavy atom. The van der Waals surface area contributed by atoms with Crippen LogP contribution < -0.4 is 5.69 Å². The predicted octanol–water partition coefficient (Wildman–Crippen LogP) is 2.02. The second kappa shape index (κ2) is 4.72. The topological polar surface area (TPSA) is 50.7 Å². The van der Waals surface area contributed by atoms with E-state index < -0.39 is 11.6 Å². The number of rotatable bonds is 3. The van der Waals surface area contributed by atoms with E-state index >= 15 is 0 Å². The predicted molar refractivity (Wildman–Crippen MR) is 62.4 cm³/mol. The van der Waals surface area contributed by atoms with Crippen LogP contribution in [0.2, 0.25) is 0 Å². The van der Waals surface area contributed by atoms with Crippen molar-refractivity contribution in [1.29, 1.82) is 0 Å². The average molecular weight is 253 g/mol. The minimum atomic E-state index is -0.638. The highest BCUT2D eigenvalue weighted by atomic mass is 19.1. The molecule has 0 fully saturated rings. The third-order valence-corrected chi connectivity index (χ3v) is 2.66. The molecule has 0 amide bonds. The molecule has 1 aromatic heterocycles. The number of benzene rings is 1. The van der Waals surface area contributed by atoms with Crippen LogP contribution in [0.3, 0.4) is 0 Å². The van der Waals surface area contributed by atoms with Gasteiger partial charge in [-0.25, -0.2) is 18.7 Å². The number of hydrogen-bond acceptors (Lipinski definition) is 2. The fraction of sp³-hybridized carbons (Fsp3) is 0.333. The molecular weight excluding hydrogens is 240 g/mol. The van der Waals surface area contributed by atoms with Gasteiger partial charge in [0.25, 0.3) is 0 Å². The van der Waals surface area contributed by atoms with E-state index in [1.807, 2.05) is 13.8 Å². The molecule has 0 aliphatic heterocycles. The molecule has 0 aliphatic carbocycles. The lowest BCUT2D eigenvalue weighted by atomic mass is 10.1. The molecule has 0 saturated carbocycles. The van der Waals surface area contributed by atoms with Gasteiger partial charge in [0.1, 0.15) is 17.5 Å². The lowest BCUT2D eigenvalue weighted by Crippen LogP contribution is -2.21. The van der Waals surface area contributed by atoms with E-state index in [1.54, 1.807) is 0 Å². The van der Waals surface area contributed by atoms with Crippen LogP contribution in [0.5, 0.6) is 0 Å². The molecule has 2 rings (SSSR count). The van der Waals surface area contributed by atoms with Gasteiger partial charge in [-0.1, -0.05) is 6.07 Å². The van der Waals surface area contributed by atoms with Crippen molar-refractivity contribution in [2.24, 2.45) is 0 Å². The van der Waals surface area contributed by atoms with Crippen molar-refractivity contribution in [2.45, 2.75) is 26.3 Å². The molecule has 1 heterocycles. The van der Waals surface area contributed by atoms with Crippen LogP contribution in [-0.4, -0.2) is 14.8 Å². The first kappa shape index (κ1) is 12.5. The summed E-state index contributed by atoms with van der Waals surface area (Å²) in [5.74, 6) is -0.833. The van der Waals surface area contributed by atoms with Crippen molar-refractivity contribution in [3.63, 3.8) is 0 Å². The van der Waals surface area contributed by atoms with Gasteiger partial charge < -0.3 is 0 Å². The average Bonchev–Trinajstić information content (AvgIpc) is 2.64. The largest absolute Gasteiger partial charge is 0.343 e. The van der Waals surface area contributed by atoms with Crippen LogP contribution in [0.4, 0.5) is 8.78 Å². The van der Waals surface area contributed by atoms with Crippen molar-refractivity contribution in [3.8, 4) is 0 Å². The Bertz CT molecular complexity index is 616. The first-order valence-corrected chi connectivity index (χ1v) is 5.58. The van der Waals surface area contributed by atoms with Crippen LogP contribution >= 0.6 is 0 Å². The van der Waals surface area contributed by atoms with Gasteiger partial charge in [-0.2, -0.15) is 5.10 Å². The smallest absolute Gasteiger partial charge is 0.276 e. The minimum absolute atomic E-state index is 0.0743. The molecule has 0 saturated heterocycles. The third kappa shape index (κ3) is 2.32. The molecule has 1 N–H and O–H groups in total. The number of nitrogens with one attached hydrogen (secondary N) is 1. The van der Waals surface area contributed by atoms with Gasteiger partial charge >= 0.3 is 5.69 Å². The quantitative estimate of drug-likeness (QED) is 0.909. The second-order valence-corrected chi connectivity index (χ2v) is 4.32. The Hall–Kier alpha value is -1.98. The van der Waals surface area contributed by atoms with Gasteiger partial charge in [0, 0.05) is 18.5 Å². The standard InChI is InChI=1S/C12H13F2N3O/c1-7(2)17-11(15-16-12(17)18)5-8-3-4-9(13)6-10(8)14/h3-4,6-7H,5H2,1-2H3,(H,16,18). The summed E-state index contributed by atoms with van der Waals surface area (Å²) in [7, 11) is 0. The van der Waals surface area contributed by atoms with Gasteiger partial charge in [0.05, 0.1) is 0 Å². The van der Waals surface area contributed by atoms with E-state index in [1.165, 1.54) is 16.7 Å². The fourth-order valence-electron chi connectivity index (χ4n) is 1.83. The monoisotopic (exact) mass is 253 g/mol. The highest BCUT2D eigenvalue weighted by Crippen LogP contribution is 2.14. The molecule has 0 radical (unpaired) electrons. The van der Waals surface area contributed by atoms with Gasteiger partial charge in [-0.3, -0.25) is 4.57 Å². The normalized spacial score (nSPS) is 11.2. The molecule has 6 heteroatoms. The Morgan fingerprint density at radius 1 is 1.39 bits per heavy atom. The van der Waals surface area contributed by atoms with E-state index in [9.17, 15) is 13.6 Å². The summed E-state index contributed by atoms with van der Waals surface area (Å²) in [6, 6.07) is 3.28. The zero-order chi connectivity index (χ0) is 13.3. The SMILES string of the molecule is CC(C)n1c(Cc2ccc(F)cc2F)n[nH]c1=O. The lowest BCUT2D eigenvalue weighted by Gasteiger charge is -2.09. The van der Waals surface area contributed by atoms with Crippen LogP contribution in [0.25, 0.3) is 0 Å². The lowest BCUT2D eigenvalue weighted by molar-refractivity contribution is 0.547. The van der Waals surface area contributed by atoms with Gasteiger partial charge in [0.2, 0.25) is 0 Å². The molecule has 0 spiro atoms. The highest BCUT2D eigenvalue weighted by molar-refractivity contribution is 5.22. The number of aromatic amines is 1. The maximum Gasteiger partial charge on any atom is 0.343 e. The molecule has 18 heavy (non-hydrogen) atoms. The summed E-state index contributed by atoms with van der Waals surface area (Å²) in [5.41, 5.74) is -0.0279. The number of aromatic nitrogens is 3. The molecule has 1 aromatic carbocycles. The fourth-order valence-corrected chi connectivity index (χ4v) is 1.83. The Morgan fingerprint density at radius 3 is 2.72 bits per heavy atom. The van der Waals surface area contributed by atoms with E-state index in [4.69, 9.17) is 0 Å². The summed E-state index contributed by atoms with van der Waals surface area (Å²) in [5, 5.41) is 6.19. The van der Waals surface area contributed by atoms with Crippen molar-refractivity contribution in [2.75, 3.05) is 0 Å². The number of hydrogen-bond donors (Lipinski definition) is 1. The second-order valence-electron chi connectivity index (χ2n) is 4.32. The van der Waals surface area contributed by atoms with Crippen LogP contribution in [0.1, 0.15) is 31.3 Å². The highest BCUT2D eigenvalue weighted by Gasteiger charge is 2.13. The third-order valence-electron chi connectivity index (χ3n) is 2.66. The first-order valence-electron chi connectivity index (χ1n) is 5.58. The van der Waals surface area contributed by atoms with Crippen LogP contribution in [0.15, 0.2) is 23.0 Å². The zero-order valence-corrected chi connectivity index (χ0v) is 10.1. The van der Waals surface area contributed by atoms with E-state index in [-0.39, 0.29) is 18.2 Å². The van der Waals surface area contributed by atoms with E-state index in [2.05, 4.69) is 10.2 Å². The van der Waals surface area contributed by atoms with Gasteiger partial charge in [-0.15, -0.1) is 0 Å². The number of H-pyrrole nitrogens is 1. The van der Waals surface area contributed by atoms with Gasteiger partial charge in [-0.05, 0) is 25.5 Å². The zero-order valence-electron chi connectivity index (χ0n) is 10.1. The summed E-state index contributed by atoms with van der Waals surface area (Å²) in [6.07, 6.45) is 0.142. The summed E-state index contributed by atoms with van der Waals surface area (Å²) < 4.78 is 27.7. The summed E-state index contributed by atoms with van der Waals surface area (Å²) in [4.78, 5) is 11.5. The van der Waals surface area contributed by atoms with Crippen LogP contribution in [-0.2, 0) is 6.42 Å². The molecule has 0 atom stereocenters. The summed E-state index contributed by atoms with van der Waals surface area (Å²) >= 11 is 0. The van der Waals surface area contributed by atoms with Crippen molar-refractivity contribution in [3.05, 3.63) is 51.7 Å². The Labute approximate surface area is 102 Å². The van der Waals surface area contributed by atoms with Crippen molar-refractivity contribution >= 4 is 0 Å². The molecule has 2 aromatic rings. The Kier molecular flexibility index (Phi) is 3.27. The minimum Gasteiger partial charge on any atom is -0.276 e. The molecular formula is C12H13F2N3O. The molecule has 4 nitrogen and oxygen atoms in total. The molecule has 0 unspecified atom stereocenters. The van der Waals surface area contributed by atoms with E-state index in [0.29, 0.717) is 11.4 Å². The van der Waals surface area contributed by atoms with Crippen molar-refractivity contribution < 1.29 is 8.78 Å². The van der Waals surface area contributed by atoms with Crippen LogP contribution in [0, 0.1) is 11.6 Å². The first-order chi connectivity index (χ1) is 8.49. The molecule has 96 valence electrons. The molecule has 0 aliphatic rings. The number of nitrogens with zero attached hydrogens (tertiary/aromatic N) is 2. The van der Waals surface area contributed by atoms with Crippen molar-refractivity contribution in [1.82, 2.24) is 14.8 Å². The number of halogens is 2. The maximum absolute atomic E-state index is 13.5. The van der Waals surface area contributed by atoms with Gasteiger partial charge in [0.15, 0.2) is 0 Å². The summed E-state index contributed by atoms with van der Waals surface area (Å²) in [6.45, 7) is 3.67.